The zero-order valence-corrected chi connectivity index (χ0v) is 10.9. The predicted molar refractivity (Wildman–Crippen MR) is 68.9 cm³/mol. The largest absolute Gasteiger partial charge is 0.505 e. The number of hydrogen-bond acceptors (Lipinski definition) is 6. The minimum absolute atomic E-state index is 0.0778. The number of aryl methyl sites for hydroxylation is 1. The number of rotatable bonds is 7. The van der Waals surface area contributed by atoms with Gasteiger partial charge in [-0.25, -0.2) is 4.39 Å². The van der Waals surface area contributed by atoms with Gasteiger partial charge >= 0.3 is 0 Å². The third-order valence-electron chi connectivity index (χ3n) is 2.47. The van der Waals surface area contributed by atoms with E-state index in [4.69, 9.17) is 9.94 Å². The molecule has 0 aliphatic rings. The van der Waals surface area contributed by atoms with Crippen molar-refractivity contribution in [2.24, 2.45) is 5.16 Å². The van der Waals surface area contributed by atoms with E-state index in [0.29, 0.717) is 16.8 Å². The molecule has 0 aliphatic carbocycles. The average molecular weight is 271 g/mol. The van der Waals surface area contributed by atoms with Crippen molar-refractivity contribution >= 4 is 6.21 Å². The van der Waals surface area contributed by atoms with Crippen LogP contribution >= 0.6 is 0 Å². The van der Waals surface area contributed by atoms with Gasteiger partial charge in [0.05, 0.1) is 18.5 Å². The van der Waals surface area contributed by atoms with Gasteiger partial charge in [-0.2, -0.15) is 0 Å². The molecule has 1 aromatic rings. The van der Waals surface area contributed by atoms with Gasteiger partial charge in [0, 0.05) is 23.9 Å². The quantitative estimate of drug-likeness (QED) is 0.496. The van der Waals surface area contributed by atoms with Gasteiger partial charge in [0.2, 0.25) is 0 Å². The van der Waals surface area contributed by atoms with Gasteiger partial charge in [0.15, 0.2) is 0 Å². The fraction of sp³-hybridized carbons (Fsp3) is 0.500. The summed E-state index contributed by atoms with van der Waals surface area (Å²) in [5, 5.41) is 25.2. The molecule has 1 atom stereocenters. The van der Waals surface area contributed by atoms with E-state index in [1.807, 2.05) is 0 Å². The lowest BCUT2D eigenvalue weighted by atomic mass is 10.1. The topological polar surface area (TPSA) is 87.0 Å². The summed E-state index contributed by atoms with van der Waals surface area (Å²) in [6, 6.07) is 0. The Morgan fingerprint density at radius 3 is 3.00 bits per heavy atom. The first-order valence-corrected chi connectivity index (χ1v) is 5.82. The predicted octanol–water partition coefficient (Wildman–Crippen LogP) is 0.496. The first-order chi connectivity index (χ1) is 9.10. The van der Waals surface area contributed by atoms with Crippen molar-refractivity contribution in [2.75, 3.05) is 20.2 Å². The summed E-state index contributed by atoms with van der Waals surface area (Å²) in [6.07, 6.45) is 1.52. The van der Waals surface area contributed by atoms with Crippen molar-refractivity contribution in [1.29, 1.82) is 0 Å². The molecule has 0 saturated carbocycles. The standard InChI is InChI=1S/C12H18FN3O3/c1-8-12(18)11(9(6-17)3-15-8)5-16-19-7-10(13)4-14-2/h3,5,10,14,17-18H,4,6-7H2,1-2H3/b16-5+. The molecule has 1 heterocycles. The Morgan fingerprint density at radius 1 is 1.63 bits per heavy atom. The molecule has 0 spiro atoms. The highest BCUT2D eigenvalue weighted by molar-refractivity contribution is 5.85. The minimum Gasteiger partial charge on any atom is -0.505 e. The number of aliphatic hydroxyl groups excluding tert-OH is 1. The molecule has 0 radical (unpaired) electrons. The lowest BCUT2D eigenvalue weighted by molar-refractivity contribution is 0.0881. The van der Waals surface area contributed by atoms with Crippen LogP contribution in [0.15, 0.2) is 11.4 Å². The molecular formula is C12H18FN3O3. The molecule has 0 aliphatic heterocycles. The average Bonchev–Trinajstić information content (AvgIpc) is 2.39. The molecule has 3 N–H and O–H groups in total. The molecule has 0 fully saturated rings. The van der Waals surface area contributed by atoms with Crippen molar-refractivity contribution in [3.8, 4) is 5.75 Å². The van der Waals surface area contributed by atoms with Gasteiger partial charge in [0.1, 0.15) is 18.5 Å². The highest BCUT2D eigenvalue weighted by atomic mass is 19.1. The van der Waals surface area contributed by atoms with Crippen molar-refractivity contribution in [1.82, 2.24) is 10.3 Å². The second-order valence-electron chi connectivity index (χ2n) is 3.97. The summed E-state index contributed by atoms with van der Waals surface area (Å²) in [6.45, 7) is 1.33. The van der Waals surface area contributed by atoms with Gasteiger partial charge < -0.3 is 20.4 Å². The number of nitrogens with zero attached hydrogens (tertiary/aromatic N) is 2. The third-order valence-corrected chi connectivity index (χ3v) is 2.47. The van der Waals surface area contributed by atoms with Crippen molar-refractivity contribution in [3.63, 3.8) is 0 Å². The molecule has 1 rings (SSSR count). The molecule has 0 saturated heterocycles. The van der Waals surface area contributed by atoms with E-state index in [-0.39, 0.29) is 25.5 Å². The highest BCUT2D eigenvalue weighted by Crippen LogP contribution is 2.21. The van der Waals surface area contributed by atoms with Crippen LogP contribution in [0, 0.1) is 6.92 Å². The van der Waals surface area contributed by atoms with Crippen LogP contribution in [-0.2, 0) is 11.4 Å². The maximum absolute atomic E-state index is 13.1. The molecular weight excluding hydrogens is 253 g/mol. The van der Waals surface area contributed by atoms with Crippen LogP contribution in [0.3, 0.4) is 0 Å². The molecule has 1 unspecified atom stereocenters. The number of alkyl halides is 1. The van der Waals surface area contributed by atoms with E-state index >= 15 is 0 Å². The summed E-state index contributed by atoms with van der Waals surface area (Å²) in [5.41, 5.74) is 1.15. The zero-order chi connectivity index (χ0) is 14.3. The van der Waals surface area contributed by atoms with E-state index in [1.165, 1.54) is 12.4 Å². The Morgan fingerprint density at radius 2 is 2.37 bits per heavy atom. The van der Waals surface area contributed by atoms with E-state index in [2.05, 4.69) is 15.5 Å². The van der Waals surface area contributed by atoms with Crippen LogP contribution in [0.5, 0.6) is 5.75 Å². The molecule has 0 aromatic carbocycles. The fourth-order valence-electron chi connectivity index (χ4n) is 1.42. The molecule has 1 aromatic heterocycles. The van der Waals surface area contributed by atoms with Crippen LogP contribution in [0.4, 0.5) is 4.39 Å². The van der Waals surface area contributed by atoms with Gasteiger partial charge in [0.25, 0.3) is 0 Å². The van der Waals surface area contributed by atoms with Gasteiger partial charge in [-0.15, -0.1) is 0 Å². The number of nitrogens with one attached hydrogen (secondary N) is 1. The van der Waals surface area contributed by atoms with Crippen LogP contribution in [0.2, 0.25) is 0 Å². The Labute approximate surface area is 110 Å². The van der Waals surface area contributed by atoms with E-state index in [1.54, 1.807) is 14.0 Å². The monoisotopic (exact) mass is 271 g/mol. The maximum atomic E-state index is 13.1. The Hall–Kier alpha value is -1.73. The molecule has 6 nitrogen and oxygen atoms in total. The van der Waals surface area contributed by atoms with E-state index in [0.717, 1.165) is 0 Å². The Balaban J connectivity index is 2.68. The maximum Gasteiger partial charge on any atom is 0.149 e. The van der Waals surface area contributed by atoms with Crippen molar-refractivity contribution in [3.05, 3.63) is 23.0 Å². The Bertz CT molecular complexity index is 440. The van der Waals surface area contributed by atoms with Gasteiger partial charge in [-0.05, 0) is 14.0 Å². The van der Waals surface area contributed by atoms with Crippen LogP contribution in [-0.4, -0.2) is 47.8 Å². The van der Waals surface area contributed by atoms with Crippen LogP contribution < -0.4 is 5.32 Å². The second-order valence-corrected chi connectivity index (χ2v) is 3.97. The number of aliphatic hydroxyl groups is 1. The highest BCUT2D eigenvalue weighted by Gasteiger charge is 2.10. The number of aromatic nitrogens is 1. The fourth-order valence-corrected chi connectivity index (χ4v) is 1.42. The molecule has 106 valence electrons. The molecule has 7 heteroatoms. The van der Waals surface area contributed by atoms with Crippen LogP contribution in [0.25, 0.3) is 0 Å². The first-order valence-electron chi connectivity index (χ1n) is 5.82. The molecule has 0 bridgehead atoms. The summed E-state index contributed by atoms with van der Waals surface area (Å²) in [7, 11) is 1.64. The van der Waals surface area contributed by atoms with Gasteiger partial charge in [-0.1, -0.05) is 5.16 Å². The number of pyridine rings is 1. The van der Waals surface area contributed by atoms with Crippen molar-refractivity contribution < 1.29 is 19.4 Å². The SMILES string of the molecule is CNCC(F)CO/N=C/c1c(CO)cnc(C)c1O. The summed E-state index contributed by atoms with van der Waals surface area (Å²) in [4.78, 5) is 8.70. The first kappa shape index (κ1) is 15.3. The molecule has 19 heavy (non-hydrogen) atoms. The molecule has 0 amide bonds. The normalized spacial score (nSPS) is 12.8. The number of oxime groups is 1. The second kappa shape index (κ2) is 7.65. The third kappa shape index (κ3) is 4.46. The van der Waals surface area contributed by atoms with Gasteiger partial charge in [-0.3, -0.25) is 4.98 Å². The summed E-state index contributed by atoms with van der Waals surface area (Å²) < 4.78 is 13.1. The summed E-state index contributed by atoms with van der Waals surface area (Å²) in [5.74, 6) is -0.0778. The minimum atomic E-state index is -1.16. The number of hydrogen-bond donors (Lipinski definition) is 3. The van der Waals surface area contributed by atoms with Crippen LogP contribution in [0.1, 0.15) is 16.8 Å². The van der Waals surface area contributed by atoms with E-state index in [9.17, 15) is 9.50 Å². The smallest absolute Gasteiger partial charge is 0.149 e. The lowest BCUT2D eigenvalue weighted by Gasteiger charge is -2.07. The van der Waals surface area contributed by atoms with E-state index < -0.39 is 6.17 Å². The number of halogens is 1. The zero-order valence-electron chi connectivity index (χ0n) is 10.9. The lowest BCUT2D eigenvalue weighted by Crippen LogP contribution is -2.23. The Kier molecular flexibility index (Phi) is 6.17. The van der Waals surface area contributed by atoms with Crippen molar-refractivity contribution in [2.45, 2.75) is 19.7 Å². The number of aromatic hydroxyl groups is 1. The summed E-state index contributed by atoms with van der Waals surface area (Å²) >= 11 is 0.